The summed E-state index contributed by atoms with van der Waals surface area (Å²) in [5, 5.41) is 0. The van der Waals surface area contributed by atoms with Crippen LogP contribution in [0.4, 0.5) is 5.69 Å². The predicted octanol–water partition coefficient (Wildman–Crippen LogP) is 1.69. The molecule has 2 fully saturated rings. The van der Waals surface area contributed by atoms with Gasteiger partial charge in [-0.1, -0.05) is 5.57 Å². The fourth-order valence-corrected chi connectivity index (χ4v) is 3.63. The number of allylic oxidation sites excluding steroid dienone is 1. The second-order valence-electron chi connectivity index (χ2n) is 7.48. The normalized spacial score (nSPS) is 19.6. The van der Waals surface area contributed by atoms with E-state index in [0.29, 0.717) is 32.7 Å². The van der Waals surface area contributed by atoms with Gasteiger partial charge < -0.3 is 19.4 Å². The van der Waals surface area contributed by atoms with Gasteiger partial charge in [0.25, 0.3) is 0 Å². The second kappa shape index (κ2) is 8.46. The molecular weight excluding hydrogens is 358 g/mol. The molecule has 2 saturated heterocycles. The molecule has 7 heteroatoms. The summed E-state index contributed by atoms with van der Waals surface area (Å²) in [5.74, 6) is 0.339. The lowest BCUT2D eigenvalue weighted by Crippen LogP contribution is -2.52. The number of piperazine rings is 1. The zero-order valence-corrected chi connectivity index (χ0v) is 16.7. The van der Waals surface area contributed by atoms with Gasteiger partial charge in [0, 0.05) is 50.9 Å². The van der Waals surface area contributed by atoms with Crippen molar-refractivity contribution in [1.82, 2.24) is 9.80 Å². The molecule has 7 nitrogen and oxygen atoms in total. The number of amides is 3. The van der Waals surface area contributed by atoms with Crippen molar-refractivity contribution in [3.05, 3.63) is 35.9 Å². The first-order valence-electron chi connectivity index (χ1n) is 9.56. The molecule has 0 bridgehead atoms. The molecule has 0 spiro atoms. The average molecular weight is 385 g/mol. The van der Waals surface area contributed by atoms with E-state index in [0.717, 1.165) is 17.0 Å². The summed E-state index contributed by atoms with van der Waals surface area (Å²) in [6, 6.07) is 7.27. The quantitative estimate of drug-likeness (QED) is 0.740. The summed E-state index contributed by atoms with van der Waals surface area (Å²) in [4.78, 5) is 42.6. The zero-order chi connectivity index (χ0) is 20.3. The lowest BCUT2D eigenvalue weighted by Gasteiger charge is -2.35. The minimum Gasteiger partial charge on any atom is -0.497 e. The molecule has 0 saturated carbocycles. The Labute approximate surface area is 165 Å². The molecule has 0 aromatic heterocycles. The van der Waals surface area contributed by atoms with E-state index >= 15 is 0 Å². The molecule has 1 aromatic rings. The minimum atomic E-state index is -0.338. The van der Waals surface area contributed by atoms with Crippen LogP contribution in [-0.4, -0.2) is 67.4 Å². The third-order valence-electron chi connectivity index (χ3n) is 5.17. The van der Waals surface area contributed by atoms with Crippen LogP contribution in [0.25, 0.3) is 0 Å². The fourth-order valence-electron chi connectivity index (χ4n) is 3.63. The average Bonchev–Trinajstić information content (AvgIpc) is 3.08. The van der Waals surface area contributed by atoms with E-state index in [-0.39, 0.29) is 30.1 Å². The van der Waals surface area contributed by atoms with Gasteiger partial charge in [-0.25, -0.2) is 0 Å². The fraction of sp³-hybridized carbons (Fsp3) is 0.476. The zero-order valence-electron chi connectivity index (χ0n) is 16.7. The standard InChI is InChI=1S/C21H27N3O4/c1-15(2)12-19(25)22-8-10-23(11-9-22)21(27)16-13-20(26)24(14-16)17-4-6-18(28-3)7-5-17/h4-7,12,16H,8-11,13-14H2,1-3H3. The molecule has 0 radical (unpaired) electrons. The number of carbonyl (C=O) groups excluding carboxylic acids is 3. The van der Waals surface area contributed by atoms with E-state index in [1.807, 2.05) is 26.0 Å². The van der Waals surface area contributed by atoms with Crippen molar-refractivity contribution in [2.24, 2.45) is 5.92 Å². The van der Waals surface area contributed by atoms with Crippen LogP contribution in [0.15, 0.2) is 35.9 Å². The molecule has 0 aliphatic carbocycles. The van der Waals surface area contributed by atoms with Gasteiger partial charge in [0.05, 0.1) is 13.0 Å². The van der Waals surface area contributed by atoms with Crippen LogP contribution in [0.3, 0.4) is 0 Å². The van der Waals surface area contributed by atoms with Crippen LogP contribution in [0.1, 0.15) is 20.3 Å². The minimum absolute atomic E-state index is 0.00123. The van der Waals surface area contributed by atoms with Gasteiger partial charge in [-0.15, -0.1) is 0 Å². The first kappa shape index (κ1) is 19.9. The summed E-state index contributed by atoms with van der Waals surface area (Å²) in [7, 11) is 1.59. The van der Waals surface area contributed by atoms with Gasteiger partial charge in [0.15, 0.2) is 0 Å². The van der Waals surface area contributed by atoms with Gasteiger partial charge in [0.1, 0.15) is 5.75 Å². The van der Waals surface area contributed by atoms with Crippen molar-refractivity contribution in [2.45, 2.75) is 20.3 Å². The third kappa shape index (κ3) is 4.35. The van der Waals surface area contributed by atoms with Crippen molar-refractivity contribution in [2.75, 3.05) is 44.7 Å². The SMILES string of the molecule is COc1ccc(N2CC(C(=O)N3CCN(C(=O)C=C(C)C)CC3)CC2=O)cc1. The first-order valence-corrected chi connectivity index (χ1v) is 9.56. The molecule has 3 rings (SSSR count). The summed E-state index contributed by atoms with van der Waals surface area (Å²) in [6.07, 6.45) is 1.85. The van der Waals surface area contributed by atoms with Crippen LogP contribution in [0.5, 0.6) is 5.75 Å². The maximum Gasteiger partial charge on any atom is 0.246 e. The molecule has 150 valence electrons. The topological polar surface area (TPSA) is 70.2 Å². The Morgan fingerprint density at radius 1 is 1.04 bits per heavy atom. The molecule has 1 atom stereocenters. The van der Waals surface area contributed by atoms with Crippen molar-refractivity contribution in [1.29, 1.82) is 0 Å². The van der Waals surface area contributed by atoms with Crippen LogP contribution in [0.2, 0.25) is 0 Å². The lowest BCUT2D eigenvalue weighted by atomic mass is 10.1. The van der Waals surface area contributed by atoms with Crippen LogP contribution in [-0.2, 0) is 14.4 Å². The highest BCUT2D eigenvalue weighted by Crippen LogP contribution is 2.28. The van der Waals surface area contributed by atoms with E-state index in [9.17, 15) is 14.4 Å². The maximum atomic E-state index is 12.9. The van der Waals surface area contributed by atoms with Gasteiger partial charge in [0.2, 0.25) is 17.7 Å². The molecule has 2 aliphatic rings. The van der Waals surface area contributed by atoms with E-state index in [2.05, 4.69) is 0 Å². The Kier molecular flexibility index (Phi) is 6.02. The Balaban J connectivity index is 1.57. The van der Waals surface area contributed by atoms with Gasteiger partial charge >= 0.3 is 0 Å². The molecule has 1 unspecified atom stereocenters. The van der Waals surface area contributed by atoms with E-state index in [1.165, 1.54) is 0 Å². The van der Waals surface area contributed by atoms with Gasteiger partial charge in [-0.05, 0) is 38.1 Å². The molecule has 28 heavy (non-hydrogen) atoms. The molecule has 1 aromatic carbocycles. The largest absolute Gasteiger partial charge is 0.497 e. The van der Waals surface area contributed by atoms with Gasteiger partial charge in [-0.3, -0.25) is 14.4 Å². The monoisotopic (exact) mass is 385 g/mol. The predicted molar refractivity (Wildman–Crippen MR) is 106 cm³/mol. The summed E-state index contributed by atoms with van der Waals surface area (Å²) < 4.78 is 5.15. The van der Waals surface area contributed by atoms with Crippen molar-refractivity contribution >= 4 is 23.4 Å². The molecule has 2 aliphatic heterocycles. The van der Waals surface area contributed by atoms with Crippen molar-refractivity contribution in [3.8, 4) is 5.75 Å². The first-order chi connectivity index (χ1) is 13.4. The van der Waals surface area contributed by atoms with E-state index in [4.69, 9.17) is 4.74 Å². The number of hydrogen-bond donors (Lipinski definition) is 0. The summed E-state index contributed by atoms with van der Waals surface area (Å²) >= 11 is 0. The van der Waals surface area contributed by atoms with Crippen molar-refractivity contribution < 1.29 is 19.1 Å². The molecule has 0 N–H and O–H groups in total. The van der Waals surface area contributed by atoms with Gasteiger partial charge in [-0.2, -0.15) is 0 Å². The maximum absolute atomic E-state index is 12.9. The number of carbonyl (C=O) groups is 3. The Hall–Kier alpha value is -2.83. The highest BCUT2D eigenvalue weighted by Gasteiger charge is 2.38. The number of ether oxygens (including phenoxy) is 1. The Morgan fingerprint density at radius 3 is 2.21 bits per heavy atom. The lowest BCUT2D eigenvalue weighted by molar-refractivity contribution is -0.140. The number of anilines is 1. The molecular formula is C21H27N3O4. The number of rotatable bonds is 4. The highest BCUT2D eigenvalue weighted by molar-refractivity contribution is 6.00. The third-order valence-corrected chi connectivity index (χ3v) is 5.17. The van der Waals surface area contributed by atoms with E-state index in [1.54, 1.807) is 40.0 Å². The van der Waals surface area contributed by atoms with Crippen LogP contribution < -0.4 is 9.64 Å². The summed E-state index contributed by atoms with van der Waals surface area (Å²) in [5.41, 5.74) is 1.74. The highest BCUT2D eigenvalue weighted by atomic mass is 16.5. The number of nitrogens with zero attached hydrogens (tertiary/aromatic N) is 3. The Bertz CT molecular complexity index is 775. The summed E-state index contributed by atoms with van der Waals surface area (Å²) in [6.45, 7) is 6.24. The molecule has 3 amide bonds. The van der Waals surface area contributed by atoms with Crippen LogP contribution >= 0.6 is 0 Å². The van der Waals surface area contributed by atoms with E-state index < -0.39 is 0 Å². The number of hydrogen-bond acceptors (Lipinski definition) is 4. The number of methoxy groups -OCH3 is 1. The second-order valence-corrected chi connectivity index (χ2v) is 7.48. The van der Waals surface area contributed by atoms with Crippen LogP contribution in [0, 0.1) is 5.92 Å². The Morgan fingerprint density at radius 2 is 1.64 bits per heavy atom. The van der Waals surface area contributed by atoms with Crippen molar-refractivity contribution in [3.63, 3.8) is 0 Å². The number of benzene rings is 1. The molecule has 2 heterocycles. The smallest absolute Gasteiger partial charge is 0.246 e.